The van der Waals surface area contributed by atoms with Gasteiger partial charge in [-0.25, -0.2) is 0 Å². The first kappa shape index (κ1) is 16.7. The number of hydrogen-bond donors (Lipinski definition) is 0. The second kappa shape index (κ2) is 6.78. The highest BCUT2D eigenvalue weighted by Crippen LogP contribution is 2.41. The number of aromatic nitrogens is 1. The first-order valence-corrected chi connectivity index (χ1v) is 9.06. The van der Waals surface area contributed by atoms with Gasteiger partial charge in [0, 0.05) is 49.9 Å². The van der Waals surface area contributed by atoms with Crippen LogP contribution in [-0.4, -0.2) is 55.3 Å². The van der Waals surface area contributed by atoms with Crippen LogP contribution in [0, 0.1) is 6.92 Å². The van der Waals surface area contributed by atoms with Crippen molar-refractivity contribution in [3.8, 4) is 0 Å². The first-order chi connectivity index (χ1) is 11.0. The van der Waals surface area contributed by atoms with Gasteiger partial charge in [0.15, 0.2) is 0 Å². The number of anilines is 1. The summed E-state index contributed by atoms with van der Waals surface area (Å²) in [6.45, 7) is 15.0. The van der Waals surface area contributed by atoms with E-state index >= 15 is 0 Å². The van der Waals surface area contributed by atoms with Crippen molar-refractivity contribution in [3.63, 3.8) is 0 Å². The Balaban J connectivity index is 1.64. The summed E-state index contributed by atoms with van der Waals surface area (Å²) in [6, 6.07) is 5.10. The van der Waals surface area contributed by atoms with Gasteiger partial charge in [-0.1, -0.05) is 13.8 Å². The van der Waals surface area contributed by atoms with E-state index < -0.39 is 0 Å². The van der Waals surface area contributed by atoms with Crippen molar-refractivity contribution < 1.29 is 4.74 Å². The van der Waals surface area contributed by atoms with Crippen LogP contribution in [0.3, 0.4) is 0 Å². The van der Waals surface area contributed by atoms with Crippen LogP contribution in [0.15, 0.2) is 12.1 Å². The van der Waals surface area contributed by atoms with Crippen molar-refractivity contribution >= 4 is 5.69 Å². The van der Waals surface area contributed by atoms with Gasteiger partial charge in [0.1, 0.15) is 0 Å². The monoisotopic (exact) mass is 317 g/mol. The molecule has 0 spiro atoms. The lowest BCUT2D eigenvalue weighted by Gasteiger charge is -2.38. The van der Waals surface area contributed by atoms with Crippen LogP contribution in [0.4, 0.5) is 5.69 Å². The number of pyridine rings is 1. The van der Waals surface area contributed by atoms with Crippen LogP contribution < -0.4 is 4.90 Å². The van der Waals surface area contributed by atoms with Crippen LogP contribution in [0.1, 0.15) is 45.0 Å². The highest BCUT2D eigenvalue weighted by Gasteiger charge is 2.40. The Morgan fingerprint density at radius 3 is 2.70 bits per heavy atom. The number of piperidine rings is 1. The lowest BCUT2D eigenvalue weighted by Crippen LogP contribution is -2.46. The third-order valence-electron chi connectivity index (χ3n) is 5.28. The van der Waals surface area contributed by atoms with Crippen LogP contribution in [-0.2, 0) is 10.2 Å². The molecule has 0 radical (unpaired) electrons. The molecule has 23 heavy (non-hydrogen) atoms. The van der Waals surface area contributed by atoms with Gasteiger partial charge < -0.3 is 14.5 Å². The SMILES string of the molecule is CCOCCN1CCC(N2CC(C)(C)c3nc(C)ccc32)CC1. The van der Waals surface area contributed by atoms with Crippen LogP contribution >= 0.6 is 0 Å². The van der Waals surface area contributed by atoms with Crippen molar-refractivity contribution in [2.75, 3.05) is 44.3 Å². The third kappa shape index (κ3) is 3.53. The Morgan fingerprint density at radius 1 is 1.26 bits per heavy atom. The minimum Gasteiger partial charge on any atom is -0.380 e. The summed E-state index contributed by atoms with van der Waals surface area (Å²) in [5.74, 6) is 0. The molecule has 1 aromatic heterocycles. The molecule has 128 valence electrons. The van der Waals surface area contributed by atoms with Gasteiger partial charge in [-0.15, -0.1) is 0 Å². The molecule has 1 aromatic rings. The smallest absolute Gasteiger partial charge is 0.0713 e. The molecule has 0 unspecified atom stereocenters. The zero-order valence-corrected chi connectivity index (χ0v) is 15.1. The number of rotatable bonds is 5. The molecule has 0 aliphatic carbocycles. The lowest BCUT2D eigenvalue weighted by atomic mass is 9.91. The third-order valence-corrected chi connectivity index (χ3v) is 5.28. The molecule has 2 aliphatic heterocycles. The fourth-order valence-corrected chi connectivity index (χ4v) is 3.98. The van der Waals surface area contributed by atoms with E-state index in [2.05, 4.69) is 49.6 Å². The highest BCUT2D eigenvalue weighted by molar-refractivity contribution is 5.60. The summed E-state index contributed by atoms with van der Waals surface area (Å²) in [4.78, 5) is 10.0. The molecule has 0 N–H and O–H groups in total. The standard InChI is InChI=1S/C19H31N3O/c1-5-23-13-12-21-10-8-16(9-11-21)22-14-19(3,4)18-17(22)7-6-15(2)20-18/h6-7,16H,5,8-14H2,1-4H3. The van der Waals surface area contributed by atoms with E-state index in [-0.39, 0.29) is 5.41 Å². The second-order valence-electron chi connectivity index (χ2n) is 7.60. The Labute approximate surface area is 140 Å². The minimum absolute atomic E-state index is 0.160. The van der Waals surface area contributed by atoms with Gasteiger partial charge in [-0.05, 0) is 38.8 Å². The number of ether oxygens (including phenoxy) is 1. The minimum atomic E-state index is 0.160. The number of hydrogen-bond acceptors (Lipinski definition) is 4. The molecule has 1 saturated heterocycles. The maximum Gasteiger partial charge on any atom is 0.0713 e. The molecular formula is C19H31N3O. The number of likely N-dealkylation sites (tertiary alicyclic amines) is 1. The van der Waals surface area contributed by atoms with Crippen LogP contribution in [0.25, 0.3) is 0 Å². The quantitative estimate of drug-likeness (QED) is 0.781. The fraction of sp³-hybridized carbons (Fsp3) is 0.737. The average molecular weight is 317 g/mol. The number of fused-ring (bicyclic) bond motifs is 1. The zero-order valence-electron chi connectivity index (χ0n) is 15.1. The Hall–Kier alpha value is -1.13. The van der Waals surface area contributed by atoms with Gasteiger partial charge in [-0.2, -0.15) is 0 Å². The summed E-state index contributed by atoms with van der Waals surface area (Å²) >= 11 is 0. The van der Waals surface area contributed by atoms with Crippen LogP contribution in [0.5, 0.6) is 0 Å². The number of aryl methyl sites for hydroxylation is 1. The molecule has 0 atom stereocenters. The summed E-state index contributed by atoms with van der Waals surface area (Å²) in [7, 11) is 0. The van der Waals surface area contributed by atoms with E-state index in [1.807, 2.05) is 0 Å². The lowest BCUT2D eigenvalue weighted by molar-refractivity contribution is 0.102. The van der Waals surface area contributed by atoms with Gasteiger partial charge in [0.05, 0.1) is 18.0 Å². The maximum absolute atomic E-state index is 5.49. The topological polar surface area (TPSA) is 28.6 Å². The predicted octanol–water partition coefficient (Wildman–Crippen LogP) is 2.99. The Bertz CT molecular complexity index is 535. The zero-order chi connectivity index (χ0) is 16.4. The van der Waals surface area contributed by atoms with E-state index in [0.717, 1.165) is 32.0 Å². The summed E-state index contributed by atoms with van der Waals surface area (Å²) in [5, 5.41) is 0. The molecule has 0 bridgehead atoms. The van der Waals surface area contributed by atoms with Crippen molar-refractivity contribution in [1.82, 2.24) is 9.88 Å². The highest BCUT2D eigenvalue weighted by atomic mass is 16.5. The van der Waals surface area contributed by atoms with Gasteiger partial charge >= 0.3 is 0 Å². The molecule has 0 aromatic carbocycles. The molecule has 0 saturated carbocycles. The van der Waals surface area contributed by atoms with E-state index in [0.29, 0.717) is 6.04 Å². The molecular weight excluding hydrogens is 286 g/mol. The summed E-state index contributed by atoms with van der Waals surface area (Å²) in [6.07, 6.45) is 2.49. The average Bonchev–Trinajstić information content (AvgIpc) is 2.80. The molecule has 1 fully saturated rings. The predicted molar refractivity (Wildman–Crippen MR) is 95.3 cm³/mol. The van der Waals surface area contributed by atoms with Gasteiger partial charge in [-0.3, -0.25) is 4.98 Å². The van der Waals surface area contributed by atoms with Crippen molar-refractivity contribution in [3.05, 3.63) is 23.5 Å². The molecule has 4 nitrogen and oxygen atoms in total. The van der Waals surface area contributed by atoms with Crippen LogP contribution in [0.2, 0.25) is 0 Å². The maximum atomic E-state index is 5.49. The van der Waals surface area contributed by atoms with Gasteiger partial charge in [0.25, 0.3) is 0 Å². The summed E-state index contributed by atoms with van der Waals surface area (Å²) < 4.78 is 5.49. The normalized spacial score (nSPS) is 21.7. The Kier molecular flexibility index (Phi) is 4.93. The van der Waals surface area contributed by atoms with Crippen molar-refractivity contribution in [2.45, 2.75) is 52.0 Å². The largest absolute Gasteiger partial charge is 0.380 e. The Morgan fingerprint density at radius 2 is 2.00 bits per heavy atom. The van der Waals surface area contributed by atoms with Crippen molar-refractivity contribution in [1.29, 1.82) is 0 Å². The van der Waals surface area contributed by atoms with E-state index in [1.165, 1.54) is 37.3 Å². The van der Waals surface area contributed by atoms with E-state index in [9.17, 15) is 0 Å². The molecule has 4 heteroatoms. The molecule has 2 aliphatic rings. The van der Waals surface area contributed by atoms with E-state index in [1.54, 1.807) is 0 Å². The van der Waals surface area contributed by atoms with Gasteiger partial charge in [0.2, 0.25) is 0 Å². The second-order valence-corrected chi connectivity index (χ2v) is 7.60. The fourth-order valence-electron chi connectivity index (χ4n) is 3.98. The molecule has 0 amide bonds. The summed E-state index contributed by atoms with van der Waals surface area (Å²) in [5.41, 5.74) is 3.95. The van der Waals surface area contributed by atoms with E-state index in [4.69, 9.17) is 9.72 Å². The molecule has 3 heterocycles. The van der Waals surface area contributed by atoms with Crippen molar-refractivity contribution in [2.24, 2.45) is 0 Å². The first-order valence-electron chi connectivity index (χ1n) is 9.06. The molecule has 3 rings (SSSR count). The number of nitrogens with zero attached hydrogens (tertiary/aromatic N) is 3.